The highest BCUT2D eigenvalue weighted by Crippen LogP contribution is 2.48. The molecule has 0 radical (unpaired) electrons. The first-order chi connectivity index (χ1) is 4.62. The summed E-state index contributed by atoms with van der Waals surface area (Å²) in [5.41, 5.74) is 0.760. The van der Waals surface area contributed by atoms with E-state index in [2.05, 4.69) is 24.8 Å². The van der Waals surface area contributed by atoms with Gasteiger partial charge in [0.1, 0.15) is 0 Å². The van der Waals surface area contributed by atoms with Gasteiger partial charge in [-0.1, -0.05) is 12.3 Å². The van der Waals surface area contributed by atoms with E-state index in [0.29, 0.717) is 10.5 Å². The largest absolute Gasteiger partial charge is 0.196 e. The Labute approximate surface area is 66.9 Å². The highest BCUT2D eigenvalue weighted by molar-refractivity contribution is 8.13. The Morgan fingerprint density at radius 3 is 2.40 bits per heavy atom. The van der Waals surface area contributed by atoms with Crippen molar-refractivity contribution < 1.29 is 0 Å². The highest BCUT2D eigenvalue weighted by Gasteiger charge is 2.35. The molecule has 0 N–H and O–H groups in total. The van der Waals surface area contributed by atoms with E-state index in [1.54, 1.807) is 0 Å². The van der Waals surface area contributed by atoms with E-state index in [-0.39, 0.29) is 0 Å². The molecule has 1 aliphatic rings. The van der Waals surface area contributed by atoms with Gasteiger partial charge in [-0.2, -0.15) is 10.5 Å². The first-order valence-corrected chi connectivity index (χ1v) is 6.13. The maximum Gasteiger partial charge on any atom is -0.0239 e. The summed E-state index contributed by atoms with van der Waals surface area (Å²) in [4.78, 5) is 0. The summed E-state index contributed by atoms with van der Waals surface area (Å²) in [5, 5.41) is 2.46. The smallest absolute Gasteiger partial charge is 0.0239 e. The molecule has 0 nitrogen and oxygen atoms in total. The third kappa shape index (κ3) is 2.87. The van der Waals surface area contributed by atoms with Crippen molar-refractivity contribution in [1.29, 1.82) is 0 Å². The Kier molecular flexibility index (Phi) is 2.56. The van der Waals surface area contributed by atoms with Crippen LogP contribution in [0.1, 0.15) is 32.6 Å². The normalized spacial score (nSPS) is 21.2. The molecule has 0 spiro atoms. The van der Waals surface area contributed by atoms with Gasteiger partial charge in [0.2, 0.25) is 0 Å². The zero-order valence-electron chi connectivity index (χ0n) is 7.31. The Morgan fingerprint density at radius 1 is 1.40 bits per heavy atom. The van der Waals surface area contributed by atoms with E-state index < -0.39 is 0 Å². The van der Waals surface area contributed by atoms with Gasteiger partial charge in [-0.15, -0.1) is 0 Å². The molecule has 10 heavy (non-hydrogen) atoms. The quantitative estimate of drug-likeness (QED) is 0.554. The fourth-order valence-electron chi connectivity index (χ4n) is 1.11. The third-order valence-corrected chi connectivity index (χ3v) is 3.20. The summed E-state index contributed by atoms with van der Waals surface area (Å²) in [6.45, 7) is 2.41. The van der Waals surface area contributed by atoms with Crippen LogP contribution in [0.5, 0.6) is 0 Å². The topological polar surface area (TPSA) is 0 Å². The van der Waals surface area contributed by atoms with Crippen molar-refractivity contribution in [2.24, 2.45) is 5.41 Å². The highest BCUT2D eigenvalue weighted by atomic mass is 32.2. The fraction of sp³-hybridized carbons (Fsp3) is 0.889. The van der Waals surface area contributed by atoms with Crippen LogP contribution in [0.25, 0.3) is 0 Å². The van der Waals surface area contributed by atoms with Gasteiger partial charge in [0.25, 0.3) is 0 Å². The summed E-state index contributed by atoms with van der Waals surface area (Å²) >= 11 is 0. The van der Waals surface area contributed by atoms with Crippen LogP contribution in [0.3, 0.4) is 0 Å². The summed E-state index contributed by atoms with van der Waals surface area (Å²) in [6, 6.07) is 0. The monoisotopic (exact) mass is 158 g/mol. The average Bonchev–Trinajstić information content (AvgIpc) is 2.47. The van der Waals surface area contributed by atoms with Crippen molar-refractivity contribution in [3.05, 3.63) is 0 Å². The molecule has 0 unspecified atom stereocenters. The van der Waals surface area contributed by atoms with Gasteiger partial charge < -0.3 is 0 Å². The summed E-state index contributed by atoms with van der Waals surface area (Å²) in [6.07, 6.45) is 10.3. The molecule has 1 aliphatic carbocycles. The van der Waals surface area contributed by atoms with Crippen LogP contribution in [0, 0.1) is 5.41 Å². The molecule has 0 aliphatic heterocycles. The predicted octanol–water partition coefficient (Wildman–Crippen LogP) is 2.90. The molecule has 1 saturated carbocycles. The molecule has 0 aromatic heterocycles. The van der Waals surface area contributed by atoms with Crippen LogP contribution in [0.4, 0.5) is 0 Å². The van der Waals surface area contributed by atoms with Crippen LogP contribution in [-0.4, -0.2) is 17.9 Å². The first-order valence-electron chi connectivity index (χ1n) is 4.02. The lowest BCUT2D eigenvalue weighted by atomic mass is 10.0. The predicted molar refractivity (Wildman–Crippen MR) is 52.1 cm³/mol. The SMILES string of the molecule is CS(C)=CCCC1(C)CC1. The zero-order valence-corrected chi connectivity index (χ0v) is 8.13. The molecule has 0 heterocycles. The van der Waals surface area contributed by atoms with E-state index in [1.807, 2.05) is 0 Å². The number of hydrogen-bond donors (Lipinski definition) is 0. The molecule has 0 amide bonds. The average molecular weight is 158 g/mol. The van der Waals surface area contributed by atoms with E-state index in [1.165, 1.54) is 25.7 Å². The second kappa shape index (κ2) is 3.08. The van der Waals surface area contributed by atoms with Crippen molar-refractivity contribution in [3.63, 3.8) is 0 Å². The Hall–Kier alpha value is 0.220. The minimum absolute atomic E-state index is 0.553. The van der Waals surface area contributed by atoms with Gasteiger partial charge in [-0.3, -0.25) is 0 Å². The lowest BCUT2D eigenvalue weighted by Gasteiger charge is -2.03. The van der Waals surface area contributed by atoms with Crippen LogP contribution in [-0.2, 0) is 0 Å². The van der Waals surface area contributed by atoms with Gasteiger partial charge in [-0.25, -0.2) is 0 Å². The van der Waals surface area contributed by atoms with Crippen LogP contribution >= 0.6 is 10.5 Å². The van der Waals surface area contributed by atoms with E-state index in [0.717, 1.165) is 5.41 Å². The first kappa shape index (κ1) is 8.32. The minimum Gasteiger partial charge on any atom is -0.196 e. The summed E-state index contributed by atoms with van der Waals surface area (Å²) in [5.74, 6) is 0. The lowest BCUT2D eigenvalue weighted by Crippen LogP contribution is -1.92. The maximum atomic E-state index is 2.46. The lowest BCUT2D eigenvalue weighted by molar-refractivity contribution is 0.535. The Morgan fingerprint density at radius 2 is 2.00 bits per heavy atom. The van der Waals surface area contributed by atoms with Crippen molar-refractivity contribution in [1.82, 2.24) is 0 Å². The molecule has 0 bridgehead atoms. The molecule has 0 aromatic carbocycles. The molecular formula is C9H18S. The van der Waals surface area contributed by atoms with Gasteiger partial charge in [0.05, 0.1) is 0 Å². The van der Waals surface area contributed by atoms with E-state index in [9.17, 15) is 0 Å². The van der Waals surface area contributed by atoms with Gasteiger partial charge >= 0.3 is 0 Å². The summed E-state index contributed by atoms with van der Waals surface area (Å²) < 4.78 is 0. The second-order valence-corrected chi connectivity index (χ2v) is 5.99. The molecule has 0 aromatic rings. The molecule has 0 atom stereocenters. The molecule has 1 heteroatoms. The molecule has 1 fully saturated rings. The van der Waals surface area contributed by atoms with Crippen LogP contribution < -0.4 is 0 Å². The van der Waals surface area contributed by atoms with E-state index >= 15 is 0 Å². The standard InChI is InChI=1S/C9H18S/c1-9(6-7-9)5-4-8-10(2)3/h8H,4-7H2,1-3H3. The minimum atomic E-state index is 0.553. The molecule has 0 saturated heterocycles. The Bertz CT molecular complexity index is 139. The van der Waals surface area contributed by atoms with Crippen LogP contribution in [0.15, 0.2) is 0 Å². The van der Waals surface area contributed by atoms with Gasteiger partial charge in [-0.05, 0) is 43.6 Å². The van der Waals surface area contributed by atoms with Crippen molar-refractivity contribution in [2.45, 2.75) is 32.6 Å². The fourth-order valence-corrected chi connectivity index (χ4v) is 1.70. The van der Waals surface area contributed by atoms with Crippen molar-refractivity contribution in [3.8, 4) is 0 Å². The molecule has 1 rings (SSSR count). The third-order valence-electron chi connectivity index (χ3n) is 2.30. The summed E-state index contributed by atoms with van der Waals surface area (Å²) in [7, 11) is 0.553. The number of hydrogen-bond acceptors (Lipinski definition) is 0. The van der Waals surface area contributed by atoms with E-state index in [4.69, 9.17) is 0 Å². The number of rotatable bonds is 3. The zero-order chi connectivity index (χ0) is 7.61. The second-order valence-electron chi connectivity index (χ2n) is 3.90. The van der Waals surface area contributed by atoms with Crippen molar-refractivity contribution >= 4 is 15.9 Å². The molecule has 60 valence electrons. The van der Waals surface area contributed by atoms with Gasteiger partial charge in [0.15, 0.2) is 0 Å². The van der Waals surface area contributed by atoms with Crippen molar-refractivity contribution in [2.75, 3.05) is 12.5 Å². The maximum absolute atomic E-state index is 2.46. The Balaban J connectivity index is 2.11. The van der Waals surface area contributed by atoms with Gasteiger partial charge in [0, 0.05) is 0 Å². The molecular weight excluding hydrogens is 140 g/mol. The van der Waals surface area contributed by atoms with Crippen LogP contribution in [0.2, 0.25) is 0 Å².